The first-order valence-electron chi connectivity index (χ1n) is 7.31. The number of hydrogen-bond donors (Lipinski definition) is 2. The fourth-order valence-electron chi connectivity index (χ4n) is 2.72. The predicted molar refractivity (Wildman–Crippen MR) is 90.7 cm³/mol. The molecule has 1 aliphatic rings. The van der Waals surface area contributed by atoms with Crippen molar-refractivity contribution in [1.29, 1.82) is 0 Å². The van der Waals surface area contributed by atoms with Gasteiger partial charge in [0, 0.05) is 11.9 Å². The van der Waals surface area contributed by atoms with Crippen molar-refractivity contribution in [3.05, 3.63) is 27.5 Å². The second kappa shape index (κ2) is 7.08. The van der Waals surface area contributed by atoms with Crippen LogP contribution in [0.4, 0.5) is 0 Å². The van der Waals surface area contributed by atoms with Gasteiger partial charge in [-0.05, 0) is 30.9 Å². The highest BCUT2D eigenvalue weighted by molar-refractivity contribution is 7.23. The molecule has 1 amide bonds. The number of nitrogens with zero attached hydrogens (tertiary/aromatic N) is 1. The third-order valence-corrected chi connectivity index (χ3v) is 6.18. The van der Waals surface area contributed by atoms with Gasteiger partial charge in [0.25, 0.3) is 5.91 Å². The largest absolute Gasteiger partial charge is 0.391 e. The number of aliphatic hydroxyl groups excluding tert-OH is 1. The monoisotopic (exact) mass is 356 g/mol. The van der Waals surface area contributed by atoms with Crippen LogP contribution in [0.1, 0.15) is 36.2 Å². The van der Waals surface area contributed by atoms with Gasteiger partial charge in [0.15, 0.2) is 0 Å². The zero-order valence-electron chi connectivity index (χ0n) is 11.9. The number of thiophene rings is 1. The first-order valence-corrected chi connectivity index (χ1v) is 9.38. The zero-order chi connectivity index (χ0) is 15.5. The summed E-state index contributed by atoms with van der Waals surface area (Å²) in [4.78, 5) is 17.4. The van der Waals surface area contributed by atoms with Crippen molar-refractivity contribution in [3.8, 4) is 9.88 Å². The van der Waals surface area contributed by atoms with E-state index in [2.05, 4.69) is 10.3 Å². The second-order valence-electron chi connectivity index (χ2n) is 5.46. The Morgan fingerprint density at radius 2 is 2.23 bits per heavy atom. The molecule has 3 rings (SSSR count). The zero-order valence-corrected chi connectivity index (χ0v) is 14.3. The predicted octanol–water partition coefficient (Wildman–Crippen LogP) is 3.81. The summed E-state index contributed by atoms with van der Waals surface area (Å²) < 4.78 is 0.705. The van der Waals surface area contributed by atoms with Gasteiger partial charge in [-0.25, -0.2) is 4.98 Å². The molecule has 118 valence electrons. The van der Waals surface area contributed by atoms with Crippen molar-refractivity contribution in [1.82, 2.24) is 10.3 Å². The summed E-state index contributed by atoms with van der Waals surface area (Å²) in [7, 11) is 0. The third-order valence-electron chi connectivity index (χ3n) is 3.94. The maximum absolute atomic E-state index is 12.1. The van der Waals surface area contributed by atoms with E-state index in [1.165, 1.54) is 35.5 Å². The van der Waals surface area contributed by atoms with Crippen molar-refractivity contribution >= 4 is 40.2 Å². The van der Waals surface area contributed by atoms with Gasteiger partial charge < -0.3 is 10.4 Å². The van der Waals surface area contributed by atoms with Gasteiger partial charge in [0.1, 0.15) is 10.7 Å². The lowest BCUT2D eigenvalue weighted by atomic mass is 10.0. The number of carbonyl (C=O) groups excluding carboxylic acids is 1. The number of nitrogens with one attached hydrogen (secondary N) is 1. The number of thiazole rings is 1. The Morgan fingerprint density at radius 3 is 2.91 bits per heavy atom. The Balaban J connectivity index is 1.57. The maximum atomic E-state index is 12.1. The smallest absolute Gasteiger partial charge is 0.270 e. The summed E-state index contributed by atoms with van der Waals surface area (Å²) in [5, 5.41) is 15.4. The summed E-state index contributed by atoms with van der Waals surface area (Å²) in [6, 6.07) is 3.72. The molecule has 4 nitrogen and oxygen atoms in total. The van der Waals surface area contributed by atoms with E-state index in [1.54, 1.807) is 5.38 Å². The van der Waals surface area contributed by atoms with E-state index in [9.17, 15) is 9.90 Å². The van der Waals surface area contributed by atoms with Gasteiger partial charge in [0.05, 0.1) is 15.3 Å². The molecular weight excluding hydrogens is 340 g/mol. The Morgan fingerprint density at radius 1 is 1.45 bits per heavy atom. The average Bonchev–Trinajstić information content (AvgIpc) is 3.23. The highest BCUT2D eigenvalue weighted by Crippen LogP contribution is 2.33. The van der Waals surface area contributed by atoms with Gasteiger partial charge in [0.2, 0.25) is 0 Å². The molecule has 2 heterocycles. The van der Waals surface area contributed by atoms with Crippen LogP contribution in [0.5, 0.6) is 0 Å². The van der Waals surface area contributed by atoms with Gasteiger partial charge in [-0.15, -0.1) is 22.7 Å². The van der Waals surface area contributed by atoms with Crippen molar-refractivity contribution in [3.63, 3.8) is 0 Å². The van der Waals surface area contributed by atoms with E-state index in [1.807, 2.05) is 12.1 Å². The van der Waals surface area contributed by atoms with Crippen molar-refractivity contribution in [2.45, 2.75) is 31.8 Å². The molecule has 1 aliphatic carbocycles. The lowest BCUT2D eigenvalue weighted by Crippen LogP contribution is -2.35. The molecule has 7 heteroatoms. The molecule has 1 atom stereocenters. The molecule has 2 aromatic heterocycles. The summed E-state index contributed by atoms with van der Waals surface area (Å²) in [6.45, 7) is 0.293. The SMILES string of the molecule is O=C(NCC(O)C1CCCC1)c1csc(-c2ccc(Cl)s2)n1. The van der Waals surface area contributed by atoms with E-state index in [0.717, 1.165) is 22.7 Å². The van der Waals surface area contributed by atoms with Crippen LogP contribution >= 0.6 is 34.3 Å². The number of hydrogen-bond acceptors (Lipinski definition) is 5. The molecular formula is C15H17ClN2O2S2. The van der Waals surface area contributed by atoms with E-state index < -0.39 is 6.10 Å². The Kier molecular flexibility index (Phi) is 5.13. The van der Waals surface area contributed by atoms with E-state index in [0.29, 0.717) is 22.5 Å². The number of aromatic nitrogens is 1. The number of halogens is 1. The Bertz CT molecular complexity index is 650. The van der Waals surface area contributed by atoms with Crippen LogP contribution in [0.15, 0.2) is 17.5 Å². The fraction of sp³-hybridized carbons (Fsp3) is 0.467. The van der Waals surface area contributed by atoms with Crippen LogP contribution < -0.4 is 5.32 Å². The van der Waals surface area contributed by atoms with Gasteiger partial charge in [-0.3, -0.25) is 4.79 Å². The van der Waals surface area contributed by atoms with Gasteiger partial charge in [-0.2, -0.15) is 0 Å². The van der Waals surface area contributed by atoms with Crippen LogP contribution in [0.3, 0.4) is 0 Å². The van der Waals surface area contributed by atoms with Gasteiger partial charge >= 0.3 is 0 Å². The van der Waals surface area contributed by atoms with E-state index >= 15 is 0 Å². The van der Waals surface area contributed by atoms with E-state index in [4.69, 9.17) is 11.6 Å². The van der Waals surface area contributed by atoms with E-state index in [-0.39, 0.29) is 5.91 Å². The molecule has 0 bridgehead atoms. The summed E-state index contributed by atoms with van der Waals surface area (Å²) in [6.07, 6.45) is 4.00. The van der Waals surface area contributed by atoms with Crippen LogP contribution in [0.2, 0.25) is 4.34 Å². The number of aliphatic hydroxyl groups is 1. The molecule has 0 radical (unpaired) electrons. The minimum Gasteiger partial charge on any atom is -0.391 e. The third kappa shape index (κ3) is 3.68. The lowest BCUT2D eigenvalue weighted by molar-refractivity contribution is 0.0837. The molecule has 1 fully saturated rings. The van der Waals surface area contributed by atoms with Gasteiger partial charge in [-0.1, -0.05) is 24.4 Å². The van der Waals surface area contributed by atoms with Crippen LogP contribution in [0.25, 0.3) is 9.88 Å². The fourth-order valence-corrected chi connectivity index (χ4v) is 4.63. The molecule has 1 saturated carbocycles. The normalized spacial score (nSPS) is 16.8. The molecule has 22 heavy (non-hydrogen) atoms. The summed E-state index contributed by atoms with van der Waals surface area (Å²) in [5.74, 6) is 0.0850. The first-order chi connectivity index (χ1) is 10.6. The quantitative estimate of drug-likeness (QED) is 0.856. The van der Waals surface area contributed by atoms with Crippen LogP contribution in [0, 0.1) is 5.92 Å². The average molecular weight is 357 g/mol. The molecule has 2 N–H and O–H groups in total. The molecule has 0 spiro atoms. The summed E-state index contributed by atoms with van der Waals surface area (Å²) in [5.41, 5.74) is 0.392. The molecule has 2 aromatic rings. The number of amides is 1. The number of rotatable bonds is 5. The molecule has 0 aromatic carbocycles. The number of carbonyl (C=O) groups is 1. The molecule has 0 aliphatic heterocycles. The second-order valence-corrected chi connectivity index (χ2v) is 8.04. The minimum atomic E-state index is -0.458. The standard InChI is InChI=1S/C15H17ClN2O2S2/c16-13-6-5-12(22-13)15-18-10(8-21-15)14(20)17-7-11(19)9-3-1-2-4-9/h5-6,8-9,11,19H,1-4,7H2,(H,17,20). The first kappa shape index (κ1) is 15.9. The Hall–Kier alpha value is -0.950. The van der Waals surface area contributed by atoms with Crippen molar-refractivity contribution in [2.24, 2.45) is 5.92 Å². The summed E-state index contributed by atoms with van der Waals surface area (Å²) >= 11 is 8.78. The van der Waals surface area contributed by atoms with Crippen LogP contribution in [-0.4, -0.2) is 28.6 Å². The van der Waals surface area contributed by atoms with Crippen LogP contribution in [-0.2, 0) is 0 Å². The highest BCUT2D eigenvalue weighted by Gasteiger charge is 2.24. The molecule has 1 unspecified atom stereocenters. The minimum absolute atomic E-state index is 0.234. The Labute approximate surface area is 142 Å². The maximum Gasteiger partial charge on any atom is 0.270 e. The lowest BCUT2D eigenvalue weighted by Gasteiger charge is -2.17. The van der Waals surface area contributed by atoms with Crippen molar-refractivity contribution < 1.29 is 9.90 Å². The molecule has 0 saturated heterocycles. The highest BCUT2D eigenvalue weighted by atomic mass is 35.5. The topological polar surface area (TPSA) is 62.2 Å². The van der Waals surface area contributed by atoms with Crippen molar-refractivity contribution in [2.75, 3.05) is 6.54 Å².